The normalized spacial score (nSPS) is 25.5. The van der Waals surface area contributed by atoms with E-state index in [-0.39, 0.29) is 18.0 Å². The summed E-state index contributed by atoms with van der Waals surface area (Å²) in [7, 11) is 0. The van der Waals surface area contributed by atoms with Crippen molar-refractivity contribution in [2.75, 3.05) is 6.54 Å². The second-order valence-electron chi connectivity index (χ2n) is 6.13. The summed E-state index contributed by atoms with van der Waals surface area (Å²) >= 11 is 0. The lowest BCUT2D eigenvalue weighted by atomic mass is 9.75. The smallest absolute Gasteiger partial charge is 0.242 e. The zero-order chi connectivity index (χ0) is 13.8. The van der Waals surface area contributed by atoms with E-state index in [9.17, 15) is 4.79 Å². The first-order chi connectivity index (χ1) is 9.76. The van der Waals surface area contributed by atoms with Crippen molar-refractivity contribution in [1.29, 1.82) is 0 Å². The van der Waals surface area contributed by atoms with E-state index in [1.165, 1.54) is 32.1 Å². The average Bonchev–Trinajstić information content (AvgIpc) is 2.92. The third-order valence-corrected chi connectivity index (χ3v) is 4.58. The second kappa shape index (κ2) is 5.91. The molecule has 1 saturated carbocycles. The van der Waals surface area contributed by atoms with E-state index in [0.29, 0.717) is 6.04 Å². The molecule has 1 amide bonds. The zero-order valence-corrected chi connectivity index (χ0v) is 11.8. The van der Waals surface area contributed by atoms with Crippen LogP contribution in [0.4, 0.5) is 0 Å². The Morgan fingerprint density at radius 2 is 2.25 bits per heavy atom. The number of amides is 1. The predicted octanol–water partition coefficient (Wildman–Crippen LogP) is 0.849. The molecule has 1 aromatic rings. The van der Waals surface area contributed by atoms with Gasteiger partial charge in [-0.15, -0.1) is 5.10 Å². The third-order valence-electron chi connectivity index (χ3n) is 4.58. The van der Waals surface area contributed by atoms with Gasteiger partial charge in [-0.1, -0.05) is 24.5 Å². The van der Waals surface area contributed by atoms with Gasteiger partial charge in [-0.3, -0.25) is 4.79 Å². The number of piperidine rings is 1. The molecular formula is C14H23N5O. The number of rotatable bonds is 3. The SMILES string of the molecule is O=C(Cn1ccnn1)NC1CCNC2(CCCCC2)C1. The molecule has 6 heteroatoms. The Kier molecular flexibility index (Phi) is 4.00. The monoisotopic (exact) mass is 277 g/mol. The van der Waals surface area contributed by atoms with Gasteiger partial charge in [-0.05, 0) is 32.2 Å². The summed E-state index contributed by atoms with van der Waals surface area (Å²) in [5, 5.41) is 14.4. The highest BCUT2D eigenvalue weighted by Crippen LogP contribution is 2.34. The van der Waals surface area contributed by atoms with Gasteiger partial charge in [0, 0.05) is 17.8 Å². The van der Waals surface area contributed by atoms with Crippen molar-refractivity contribution in [2.24, 2.45) is 0 Å². The van der Waals surface area contributed by atoms with E-state index >= 15 is 0 Å². The summed E-state index contributed by atoms with van der Waals surface area (Å²) in [6.45, 7) is 1.27. The van der Waals surface area contributed by atoms with E-state index in [4.69, 9.17) is 0 Å². The van der Waals surface area contributed by atoms with Crippen LogP contribution in [0.15, 0.2) is 12.4 Å². The van der Waals surface area contributed by atoms with Gasteiger partial charge < -0.3 is 10.6 Å². The lowest BCUT2D eigenvalue weighted by Crippen LogP contribution is -2.57. The number of nitrogens with zero attached hydrogens (tertiary/aromatic N) is 3. The third kappa shape index (κ3) is 3.17. The highest BCUT2D eigenvalue weighted by molar-refractivity contribution is 5.75. The van der Waals surface area contributed by atoms with Crippen molar-refractivity contribution >= 4 is 5.91 Å². The topological polar surface area (TPSA) is 71.8 Å². The van der Waals surface area contributed by atoms with Gasteiger partial charge in [-0.2, -0.15) is 0 Å². The fraction of sp³-hybridized carbons (Fsp3) is 0.786. The highest BCUT2D eigenvalue weighted by Gasteiger charge is 2.37. The molecule has 0 bridgehead atoms. The van der Waals surface area contributed by atoms with Gasteiger partial charge in [0.05, 0.1) is 6.20 Å². The van der Waals surface area contributed by atoms with Crippen LogP contribution in [0.1, 0.15) is 44.9 Å². The first-order valence-corrected chi connectivity index (χ1v) is 7.64. The maximum atomic E-state index is 12.0. The van der Waals surface area contributed by atoms with Crippen LogP contribution in [-0.4, -0.2) is 39.0 Å². The first kappa shape index (κ1) is 13.5. The summed E-state index contributed by atoms with van der Waals surface area (Å²) in [5.41, 5.74) is 0.279. The van der Waals surface area contributed by atoms with Crippen molar-refractivity contribution in [3.63, 3.8) is 0 Å². The molecule has 1 spiro atoms. The van der Waals surface area contributed by atoms with Crippen LogP contribution in [0.3, 0.4) is 0 Å². The summed E-state index contributed by atoms with van der Waals surface area (Å²) in [6, 6.07) is 0.297. The Balaban J connectivity index is 1.53. The molecule has 20 heavy (non-hydrogen) atoms. The van der Waals surface area contributed by atoms with E-state index in [1.807, 2.05) is 0 Å². The minimum atomic E-state index is 0.0355. The van der Waals surface area contributed by atoms with Crippen LogP contribution in [-0.2, 0) is 11.3 Å². The van der Waals surface area contributed by atoms with Gasteiger partial charge in [0.2, 0.25) is 5.91 Å². The van der Waals surface area contributed by atoms with Gasteiger partial charge in [0.25, 0.3) is 0 Å². The number of aromatic nitrogens is 3. The maximum Gasteiger partial charge on any atom is 0.242 e. The van der Waals surface area contributed by atoms with E-state index in [2.05, 4.69) is 20.9 Å². The Morgan fingerprint density at radius 1 is 1.40 bits per heavy atom. The molecule has 2 fully saturated rings. The molecule has 1 saturated heterocycles. The molecule has 110 valence electrons. The van der Waals surface area contributed by atoms with E-state index < -0.39 is 0 Å². The Bertz CT molecular complexity index is 433. The minimum Gasteiger partial charge on any atom is -0.352 e. The molecule has 1 atom stereocenters. The largest absolute Gasteiger partial charge is 0.352 e. The van der Waals surface area contributed by atoms with Crippen molar-refractivity contribution in [2.45, 2.75) is 63.1 Å². The van der Waals surface area contributed by atoms with Crippen LogP contribution in [0.5, 0.6) is 0 Å². The quantitative estimate of drug-likeness (QED) is 0.859. The minimum absolute atomic E-state index is 0.0355. The first-order valence-electron chi connectivity index (χ1n) is 7.64. The number of nitrogens with one attached hydrogen (secondary N) is 2. The van der Waals surface area contributed by atoms with E-state index in [1.54, 1.807) is 17.1 Å². The molecule has 1 aromatic heterocycles. The van der Waals surface area contributed by atoms with Crippen LogP contribution >= 0.6 is 0 Å². The van der Waals surface area contributed by atoms with Gasteiger partial charge in [0.1, 0.15) is 6.54 Å². The standard InChI is InChI=1S/C14H23N5O/c20-13(11-19-9-8-16-18-19)17-12-4-7-15-14(10-12)5-2-1-3-6-14/h8-9,12,15H,1-7,10-11H2,(H,17,20). The molecule has 1 aliphatic heterocycles. The van der Waals surface area contributed by atoms with Crippen molar-refractivity contribution in [3.05, 3.63) is 12.4 Å². The van der Waals surface area contributed by atoms with Crippen molar-refractivity contribution in [1.82, 2.24) is 25.6 Å². The molecule has 2 heterocycles. The highest BCUT2D eigenvalue weighted by atomic mass is 16.2. The Labute approximate surface area is 119 Å². The average molecular weight is 277 g/mol. The second-order valence-corrected chi connectivity index (χ2v) is 6.13. The maximum absolute atomic E-state index is 12.0. The summed E-state index contributed by atoms with van der Waals surface area (Å²) in [4.78, 5) is 12.0. The van der Waals surface area contributed by atoms with Gasteiger partial charge in [0.15, 0.2) is 0 Å². The molecule has 1 unspecified atom stereocenters. The lowest BCUT2D eigenvalue weighted by Gasteiger charge is -2.44. The molecular weight excluding hydrogens is 254 g/mol. The lowest BCUT2D eigenvalue weighted by molar-refractivity contribution is -0.123. The van der Waals surface area contributed by atoms with Crippen LogP contribution in [0, 0.1) is 0 Å². The van der Waals surface area contributed by atoms with Crippen LogP contribution in [0.2, 0.25) is 0 Å². The van der Waals surface area contributed by atoms with Crippen LogP contribution < -0.4 is 10.6 Å². The summed E-state index contributed by atoms with van der Waals surface area (Å²) in [6.07, 6.45) is 11.9. The number of carbonyl (C=O) groups excluding carboxylic acids is 1. The zero-order valence-electron chi connectivity index (χ0n) is 11.8. The Hall–Kier alpha value is -1.43. The molecule has 0 radical (unpaired) electrons. The molecule has 0 aromatic carbocycles. The summed E-state index contributed by atoms with van der Waals surface area (Å²) < 4.78 is 1.56. The van der Waals surface area contributed by atoms with Crippen LogP contribution in [0.25, 0.3) is 0 Å². The fourth-order valence-corrected chi connectivity index (χ4v) is 3.63. The predicted molar refractivity (Wildman–Crippen MR) is 75.0 cm³/mol. The molecule has 3 rings (SSSR count). The number of hydrogen-bond donors (Lipinski definition) is 2. The number of carbonyl (C=O) groups is 1. The summed E-state index contributed by atoms with van der Waals surface area (Å²) in [5.74, 6) is 0.0355. The van der Waals surface area contributed by atoms with Gasteiger partial charge in [-0.25, -0.2) is 4.68 Å². The van der Waals surface area contributed by atoms with Crippen molar-refractivity contribution < 1.29 is 4.79 Å². The molecule has 2 aliphatic rings. The fourth-order valence-electron chi connectivity index (χ4n) is 3.63. The molecule has 1 aliphatic carbocycles. The molecule has 2 N–H and O–H groups in total. The Morgan fingerprint density at radius 3 is 3.00 bits per heavy atom. The van der Waals surface area contributed by atoms with Gasteiger partial charge >= 0.3 is 0 Å². The molecule has 6 nitrogen and oxygen atoms in total. The van der Waals surface area contributed by atoms with E-state index in [0.717, 1.165) is 19.4 Å². The van der Waals surface area contributed by atoms with Crippen molar-refractivity contribution in [3.8, 4) is 0 Å². The number of hydrogen-bond acceptors (Lipinski definition) is 4.